The van der Waals surface area contributed by atoms with Gasteiger partial charge in [0, 0.05) is 5.97 Å². The molecule has 7 heteroatoms. The molecule has 2 aromatic carbocycles. The predicted octanol–water partition coefficient (Wildman–Crippen LogP) is 3.97. The summed E-state index contributed by atoms with van der Waals surface area (Å²) in [4.78, 5) is 15.4. The number of carboxylic acid groups (broad SMARTS) is 1. The number of nitrogens with zero attached hydrogens (tertiary/aromatic N) is 1. The summed E-state index contributed by atoms with van der Waals surface area (Å²) < 4.78 is 29.8. The van der Waals surface area contributed by atoms with Crippen LogP contribution >= 0.6 is 11.3 Å². The number of thiazole rings is 1. The topological polar surface area (TPSA) is 62.2 Å². The quantitative estimate of drug-likeness (QED) is 0.628. The third-order valence-electron chi connectivity index (χ3n) is 3.61. The van der Waals surface area contributed by atoms with Crippen LogP contribution in [0.3, 0.4) is 0 Å². The number of aliphatic carboxylic acids is 1. The largest absolute Gasteiger partial charge is 0.550 e. The van der Waals surface area contributed by atoms with Gasteiger partial charge in [0.2, 0.25) is 0 Å². The summed E-state index contributed by atoms with van der Waals surface area (Å²) >= 11 is 1.47. The summed E-state index contributed by atoms with van der Waals surface area (Å²) in [7, 11) is 0. The van der Waals surface area contributed by atoms with Gasteiger partial charge in [0.25, 0.3) is 0 Å². The van der Waals surface area contributed by atoms with E-state index >= 15 is 0 Å². The van der Waals surface area contributed by atoms with Gasteiger partial charge in [-0.15, -0.1) is 11.3 Å². The average molecular weight is 374 g/mol. The van der Waals surface area contributed by atoms with Crippen molar-refractivity contribution >= 4 is 39.2 Å². The highest BCUT2D eigenvalue weighted by Crippen LogP contribution is 2.31. The first-order chi connectivity index (χ1) is 12.5. The second-order valence-corrected chi connectivity index (χ2v) is 6.51. The Balaban J connectivity index is 1.92. The highest BCUT2D eigenvalue weighted by Gasteiger charge is 2.10. The summed E-state index contributed by atoms with van der Waals surface area (Å²) in [6.07, 6.45) is 1.93. The Labute approximate surface area is 152 Å². The van der Waals surface area contributed by atoms with Crippen molar-refractivity contribution in [3.8, 4) is 5.75 Å². The number of rotatable bonds is 7. The molecule has 0 atom stereocenters. The number of carbonyl (C=O) groups is 1. The van der Waals surface area contributed by atoms with Crippen LogP contribution in [-0.2, 0) is 4.79 Å². The number of carboxylic acids is 1. The van der Waals surface area contributed by atoms with Crippen LogP contribution in [0.5, 0.6) is 5.75 Å². The van der Waals surface area contributed by atoms with Crippen molar-refractivity contribution in [2.45, 2.75) is 19.5 Å². The molecular weight excluding hydrogens is 360 g/mol. The number of halogens is 2. The van der Waals surface area contributed by atoms with Gasteiger partial charge < -0.3 is 14.6 Å². The molecule has 0 unspecified atom stereocenters. The Bertz CT molecular complexity index is 902. The Morgan fingerprint density at radius 2 is 1.88 bits per heavy atom. The van der Waals surface area contributed by atoms with E-state index in [9.17, 15) is 18.7 Å². The Kier molecular flexibility index (Phi) is 5.58. The summed E-state index contributed by atoms with van der Waals surface area (Å²) in [6.45, 7) is -2.88. The first-order valence-corrected chi connectivity index (χ1v) is 8.64. The van der Waals surface area contributed by atoms with Gasteiger partial charge in [0.1, 0.15) is 10.8 Å². The van der Waals surface area contributed by atoms with Gasteiger partial charge in [-0.05, 0) is 54.3 Å². The molecule has 0 radical (unpaired) electrons. The predicted molar refractivity (Wildman–Crippen MR) is 94.8 cm³/mol. The molecule has 0 aliphatic rings. The fourth-order valence-electron chi connectivity index (χ4n) is 2.43. The van der Waals surface area contributed by atoms with E-state index in [2.05, 4.69) is 9.72 Å². The molecule has 0 saturated heterocycles. The third-order valence-corrected chi connectivity index (χ3v) is 4.73. The summed E-state index contributed by atoms with van der Waals surface area (Å²) in [5.41, 5.74) is 2.32. The molecule has 0 amide bonds. The Morgan fingerprint density at radius 1 is 1.15 bits per heavy atom. The molecule has 0 saturated carbocycles. The lowest BCUT2D eigenvalue weighted by atomic mass is 10.1. The number of hydrogen-bond donors (Lipinski definition) is 0. The van der Waals surface area contributed by atoms with E-state index in [1.54, 1.807) is 18.2 Å². The van der Waals surface area contributed by atoms with Crippen LogP contribution in [0.2, 0.25) is 0 Å². The second kappa shape index (κ2) is 8.05. The van der Waals surface area contributed by atoms with E-state index in [1.165, 1.54) is 23.5 Å². The highest BCUT2D eigenvalue weighted by atomic mass is 32.1. The molecule has 3 rings (SSSR count). The lowest BCUT2D eigenvalue weighted by Crippen LogP contribution is -2.21. The van der Waals surface area contributed by atoms with E-state index in [0.717, 1.165) is 26.4 Å². The maximum absolute atomic E-state index is 12.2. The lowest BCUT2D eigenvalue weighted by Gasteiger charge is -2.07. The van der Waals surface area contributed by atoms with Gasteiger partial charge in [-0.3, -0.25) is 0 Å². The maximum atomic E-state index is 12.2. The normalized spacial score (nSPS) is 11.9. The molecule has 4 nitrogen and oxygen atoms in total. The minimum Gasteiger partial charge on any atom is -0.550 e. The minimum atomic E-state index is -2.88. The number of alkyl halides is 2. The number of carbonyl (C=O) groups excluding carboxylic acids is 1. The minimum absolute atomic E-state index is 0.0634. The smallest absolute Gasteiger partial charge is 0.387 e. The highest BCUT2D eigenvalue weighted by molar-refractivity contribution is 7.19. The number of ether oxygens (including phenoxy) is 1. The molecule has 0 spiro atoms. The Hall–Kier alpha value is -2.80. The van der Waals surface area contributed by atoms with Crippen molar-refractivity contribution in [3.63, 3.8) is 0 Å². The standard InChI is InChI=1S/C19H15F2NO3S/c20-19(21)25-14-8-5-12(6-9-14)11-13(7-10-17(23)24)18-22-15-3-1-2-4-16(15)26-18/h1-6,8-9,11,19H,7,10H2,(H,23,24)/p-1/b13-11+. The van der Waals surface area contributed by atoms with Gasteiger partial charge in [-0.1, -0.05) is 24.3 Å². The van der Waals surface area contributed by atoms with Gasteiger partial charge in [0.15, 0.2) is 0 Å². The van der Waals surface area contributed by atoms with Crippen molar-refractivity contribution in [1.29, 1.82) is 0 Å². The molecule has 0 fully saturated rings. The van der Waals surface area contributed by atoms with Gasteiger partial charge in [-0.25, -0.2) is 4.98 Å². The molecule has 1 aromatic heterocycles. The van der Waals surface area contributed by atoms with Crippen molar-refractivity contribution < 1.29 is 23.4 Å². The van der Waals surface area contributed by atoms with Crippen LogP contribution in [0.25, 0.3) is 21.9 Å². The van der Waals surface area contributed by atoms with E-state index in [4.69, 9.17) is 0 Å². The van der Waals surface area contributed by atoms with Crippen LogP contribution in [0.15, 0.2) is 48.5 Å². The molecule has 134 valence electrons. The summed E-state index contributed by atoms with van der Waals surface area (Å²) in [5.74, 6) is -1.08. The van der Waals surface area contributed by atoms with Gasteiger partial charge in [0.05, 0.1) is 10.2 Å². The zero-order valence-corrected chi connectivity index (χ0v) is 14.3. The lowest BCUT2D eigenvalue weighted by molar-refractivity contribution is -0.305. The monoisotopic (exact) mass is 374 g/mol. The zero-order chi connectivity index (χ0) is 18.5. The SMILES string of the molecule is O=C([O-])CC/C(=C\c1ccc(OC(F)F)cc1)c1nc2ccccc2s1. The maximum Gasteiger partial charge on any atom is 0.387 e. The van der Waals surface area contributed by atoms with Gasteiger partial charge in [-0.2, -0.15) is 8.78 Å². The van der Waals surface area contributed by atoms with Crippen LogP contribution in [-0.4, -0.2) is 17.6 Å². The Morgan fingerprint density at radius 3 is 2.54 bits per heavy atom. The molecule has 0 aliphatic heterocycles. The van der Waals surface area contributed by atoms with Crippen molar-refractivity contribution in [1.82, 2.24) is 4.98 Å². The summed E-state index contributed by atoms with van der Waals surface area (Å²) in [5, 5.41) is 11.6. The fraction of sp³-hybridized carbons (Fsp3) is 0.158. The van der Waals surface area contributed by atoms with E-state index in [1.807, 2.05) is 24.3 Å². The first-order valence-electron chi connectivity index (χ1n) is 7.82. The molecule has 0 bridgehead atoms. The van der Waals surface area contributed by atoms with E-state index < -0.39 is 12.6 Å². The molecule has 0 N–H and O–H groups in total. The number of para-hydroxylation sites is 1. The van der Waals surface area contributed by atoms with Crippen molar-refractivity contribution in [2.24, 2.45) is 0 Å². The zero-order valence-electron chi connectivity index (χ0n) is 13.5. The van der Waals surface area contributed by atoms with E-state index in [0.29, 0.717) is 0 Å². The molecule has 3 aromatic rings. The number of benzene rings is 2. The second-order valence-electron chi connectivity index (χ2n) is 5.48. The third kappa shape index (κ3) is 4.64. The average Bonchev–Trinajstić information content (AvgIpc) is 3.03. The van der Waals surface area contributed by atoms with Crippen LogP contribution in [0.1, 0.15) is 23.4 Å². The van der Waals surface area contributed by atoms with Crippen LogP contribution in [0, 0.1) is 0 Å². The fourth-order valence-corrected chi connectivity index (χ4v) is 3.44. The number of aromatic nitrogens is 1. The summed E-state index contributed by atoms with van der Waals surface area (Å²) in [6, 6.07) is 13.8. The molecule has 0 aliphatic carbocycles. The number of fused-ring (bicyclic) bond motifs is 1. The number of allylic oxidation sites excluding steroid dienone is 1. The molecule has 1 heterocycles. The van der Waals surface area contributed by atoms with Crippen LogP contribution in [0.4, 0.5) is 8.78 Å². The first kappa shape index (κ1) is 18.0. The van der Waals surface area contributed by atoms with Crippen molar-refractivity contribution in [2.75, 3.05) is 0 Å². The van der Waals surface area contributed by atoms with E-state index in [-0.39, 0.29) is 18.6 Å². The molecular formula is C19H14F2NO3S-. The van der Waals surface area contributed by atoms with Crippen molar-refractivity contribution in [3.05, 3.63) is 59.1 Å². The molecule has 26 heavy (non-hydrogen) atoms. The number of hydrogen-bond acceptors (Lipinski definition) is 5. The van der Waals surface area contributed by atoms with Crippen LogP contribution < -0.4 is 9.84 Å². The van der Waals surface area contributed by atoms with Gasteiger partial charge >= 0.3 is 6.61 Å².